The molecule has 39 heavy (non-hydrogen) atoms. The first-order valence-electron chi connectivity index (χ1n) is 11.5. The predicted molar refractivity (Wildman–Crippen MR) is 141 cm³/mol. The minimum atomic E-state index is -4.04. The van der Waals surface area contributed by atoms with Crippen LogP contribution in [0, 0.1) is 0 Å². The number of methoxy groups -OCH3 is 2. The Morgan fingerprint density at radius 1 is 1.10 bits per heavy atom. The van der Waals surface area contributed by atoms with Gasteiger partial charge in [0.1, 0.15) is 21.8 Å². The van der Waals surface area contributed by atoms with Crippen molar-refractivity contribution in [3.63, 3.8) is 0 Å². The molecule has 0 aliphatic heterocycles. The zero-order valence-electron chi connectivity index (χ0n) is 21.1. The fourth-order valence-corrected chi connectivity index (χ4v) is 4.89. The first-order valence-corrected chi connectivity index (χ1v) is 13.0. The first-order chi connectivity index (χ1) is 18.7. The Kier molecular flexibility index (Phi) is 8.15. The van der Waals surface area contributed by atoms with Crippen LogP contribution < -0.4 is 24.8 Å². The van der Waals surface area contributed by atoms with Gasteiger partial charge < -0.3 is 24.6 Å². The third-order valence-corrected chi connectivity index (χ3v) is 6.92. The molecule has 3 N–H and O–H groups in total. The Morgan fingerprint density at radius 2 is 1.87 bits per heavy atom. The van der Waals surface area contributed by atoms with E-state index in [0.717, 1.165) is 17.2 Å². The summed E-state index contributed by atoms with van der Waals surface area (Å²) in [6.07, 6.45) is 4.45. The summed E-state index contributed by atoms with van der Waals surface area (Å²) in [6, 6.07) is 9.65. The van der Waals surface area contributed by atoms with Gasteiger partial charge in [0.25, 0.3) is 10.0 Å². The molecule has 4 aromatic rings. The fourth-order valence-electron chi connectivity index (χ4n) is 3.71. The highest BCUT2D eigenvalue weighted by molar-refractivity contribution is 7.92. The SMILES string of the molecule is C=CC(=O)NCC(=O)NCc1cnn(Cc2cc(OC)c3c(NS(=O)(=O)c4ccccc4OC)noc3c2)c1. The van der Waals surface area contributed by atoms with Crippen LogP contribution in [0.5, 0.6) is 11.5 Å². The lowest BCUT2D eigenvalue weighted by Gasteiger charge is -2.11. The quantitative estimate of drug-likeness (QED) is 0.221. The van der Waals surface area contributed by atoms with Gasteiger partial charge in [0.2, 0.25) is 11.8 Å². The van der Waals surface area contributed by atoms with Crippen molar-refractivity contribution in [3.05, 3.63) is 72.6 Å². The molecule has 204 valence electrons. The third-order valence-electron chi connectivity index (χ3n) is 5.54. The molecule has 0 spiro atoms. The van der Waals surface area contributed by atoms with Crippen molar-refractivity contribution in [1.29, 1.82) is 0 Å². The number of ether oxygens (including phenoxy) is 2. The molecule has 0 aliphatic carbocycles. The number of nitrogens with zero attached hydrogens (tertiary/aromatic N) is 3. The second-order valence-corrected chi connectivity index (χ2v) is 9.85. The molecular weight excluding hydrogens is 528 g/mol. The van der Waals surface area contributed by atoms with Crippen LogP contribution >= 0.6 is 0 Å². The Balaban J connectivity index is 1.48. The van der Waals surface area contributed by atoms with Crippen LogP contribution in [0.4, 0.5) is 5.82 Å². The van der Waals surface area contributed by atoms with Gasteiger partial charge in [0.05, 0.1) is 33.5 Å². The molecule has 0 saturated heterocycles. The van der Waals surface area contributed by atoms with E-state index in [1.165, 1.54) is 20.3 Å². The number of para-hydroxylation sites is 1. The molecule has 2 heterocycles. The Bertz CT molecular complexity index is 1630. The zero-order chi connectivity index (χ0) is 28.0. The second-order valence-electron chi connectivity index (χ2n) is 8.20. The Hall–Kier alpha value is -4.85. The molecule has 0 aliphatic rings. The molecule has 13 nitrogen and oxygen atoms in total. The molecule has 0 saturated carbocycles. The minimum Gasteiger partial charge on any atom is -0.496 e. The van der Waals surface area contributed by atoms with Crippen molar-refractivity contribution in [3.8, 4) is 11.5 Å². The molecule has 0 radical (unpaired) electrons. The van der Waals surface area contributed by atoms with Crippen LogP contribution in [0.1, 0.15) is 11.1 Å². The molecule has 4 rings (SSSR count). The van der Waals surface area contributed by atoms with Crippen molar-refractivity contribution in [2.75, 3.05) is 25.5 Å². The number of fused-ring (bicyclic) bond motifs is 1. The van der Waals surface area contributed by atoms with Crippen LogP contribution in [0.2, 0.25) is 0 Å². The van der Waals surface area contributed by atoms with Gasteiger partial charge in [0, 0.05) is 18.3 Å². The van der Waals surface area contributed by atoms with E-state index >= 15 is 0 Å². The summed E-state index contributed by atoms with van der Waals surface area (Å²) in [5.41, 5.74) is 1.81. The number of sulfonamides is 1. The molecule has 0 bridgehead atoms. The predicted octanol–water partition coefficient (Wildman–Crippen LogP) is 1.81. The lowest BCUT2D eigenvalue weighted by atomic mass is 10.1. The number of aromatic nitrogens is 3. The van der Waals surface area contributed by atoms with E-state index in [-0.39, 0.29) is 35.5 Å². The third kappa shape index (κ3) is 6.35. The topological polar surface area (TPSA) is 167 Å². The highest BCUT2D eigenvalue weighted by Gasteiger charge is 2.24. The van der Waals surface area contributed by atoms with E-state index in [1.807, 2.05) is 0 Å². The molecule has 14 heteroatoms. The van der Waals surface area contributed by atoms with Gasteiger partial charge in [-0.25, -0.2) is 8.42 Å². The second kappa shape index (κ2) is 11.7. The van der Waals surface area contributed by atoms with Crippen LogP contribution in [0.3, 0.4) is 0 Å². The van der Waals surface area contributed by atoms with Crippen molar-refractivity contribution < 1.29 is 32.0 Å². The maximum atomic E-state index is 13.0. The summed E-state index contributed by atoms with van der Waals surface area (Å²) in [4.78, 5) is 23.0. The highest BCUT2D eigenvalue weighted by atomic mass is 32.2. The van der Waals surface area contributed by atoms with E-state index in [9.17, 15) is 18.0 Å². The number of nitrogens with one attached hydrogen (secondary N) is 3. The smallest absolute Gasteiger partial charge is 0.266 e. The van der Waals surface area contributed by atoms with E-state index < -0.39 is 15.9 Å². The summed E-state index contributed by atoms with van der Waals surface area (Å²) in [5, 5.41) is 13.7. The largest absolute Gasteiger partial charge is 0.496 e. The number of anilines is 1. The van der Waals surface area contributed by atoms with Gasteiger partial charge in [-0.05, 0) is 35.9 Å². The number of carbonyl (C=O) groups excluding carboxylic acids is 2. The summed E-state index contributed by atoms with van der Waals surface area (Å²) >= 11 is 0. The number of hydrogen-bond donors (Lipinski definition) is 3. The zero-order valence-corrected chi connectivity index (χ0v) is 21.9. The van der Waals surface area contributed by atoms with Crippen LogP contribution in [0.15, 0.2) is 70.9 Å². The molecule has 0 atom stereocenters. The van der Waals surface area contributed by atoms with Gasteiger partial charge in [-0.2, -0.15) is 5.10 Å². The first kappa shape index (κ1) is 27.2. The molecule has 2 amide bonds. The lowest BCUT2D eigenvalue weighted by Crippen LogP contribution is -2.35. The number of rotatable bonds is 12. The normalized spacial score (nSPS) is 11.1. The molecule has 2 aromatic heterocycles. The maximum absolute atomic E-state index is 13.0. The average molecular weight is 555 g/mol. The van der Waals surface area contributed by atoms with Crippen molar-refractivity contribution in [1.82, 2.24) is 25.6 Å². The van der Waals surface area contributed by atoms with Crippen LogP contribution in [0.25, 0.3) is 11.0 Å². The van der Waals surface area contributed by atoms with Gasteiger partial charge in [-0.15, -0.1) is 0 Å². The fraction of sp³-hybridized carbons (Fsp3) is 0.200. The van der Waals surface area contributed by atoms with Crippen molar-refractivity contribution in [2.24, 2.45) is 0 Å². The number of amides is 2. The van der Waals surface area contributed by atoms with E-state index in [0.29, 0.717) is 23.3 Å². The summed E-state index contributed by atoms with van der Waals surface area (Å²) < 4.78 is 46.3. The standard InChI is InChI=1S/C25H26N6O7S/c1-4-22(32)27-13-23(33)26-11-17-12-28-31(15-17)14-16-9-19(37-3)24-20(10-16)38-29-25(24)30-39(34,35)21-8-6-5-7-18(21)36-2/h4-10,12,15H,1,11,13-14H2,2-3H3,(H,26,33)(H,27,32)(H,29,30). The Morgan fingerprint density at radius 3 is 2.62 bits per heavy atom. The molecule has 2 aromatic carbocycles. The van der Waals surface area contributed by atoms with Crippen LogP contribution in [-0.2, 0) is 32.7 Å². The Labute approximate surface area is 223 Å². The molecular formula is C25H26N6O7S. The van der Waals surface area contributed by atoms with Gasteiger partial charge in [-0.3, -0.25) is 19.0 Å². The van der Waals surface area contributed by atoms with E-state index in [4.69, 9.17) is 14.0 Å². The highest BCUT2D eigenvalue weighted by Crippen LogP contribution is 2.35. The average Bonchev–Trinajstić information content (AvgIpc) is 3.56. The van der Waals surface area contributed by atoms with Gasteiger partial charge in [0.15, 0.2) is 11.4 Å². The van der Waals surface area contributed by atoms with Gasteiger partial charge in [-0.1, -0.05) is 23.9 Å². The summed E-state index contributed by atoms with van der Waals surface area (Å²) in [7, 11) is -1.20. The summed E-state index contributed by atoms with van der Waals surface area (Å²) in [6.45, 7) is 3.72. The van der Waals surface area contributed by atoms with E-state index in [2.05, 4.69) is 32.2 Å². The minimum absolute atomic E-state index is 0.0271. The number of benzene rings is 2. The molecule has 0 unspecified atom stereocenters. The maximum Gasteiger partial charge on any atom is 0.266 e. The number of carbonyl (C=O) groups is 2. The van der Waals surface area contributed by atoms with Gasteiger partial charge >= 0.3 is 0 Å². The lowest BCUT2D eigenvalue weighted by molar-refractivity contribution is -0.124. The summed E-state index contributed by atoms with van der Waals surface area (Å²) in [5.74, 6) is -0.276. The molecule has 0 fully saturated rings. The monoisotopic (exact) mass is 554 g/mol. The van der Waals surface area contributed by atoms with Crippen LogP contribution in [-0.4, -0.2) is 55.9 Å². The number of hydrogen-bond acceptors (Lipinski definition) is 9. The van der Waals surface area contributed by atoms with Crippen molar-refractivity contribution in [2.45, 2.75) is 18.0 Å². The van der Waals surface area contributed by atoms with Crippen molar-refractivity contribution >= 4 is 38.6 Å². The van der Waals surface area contributed by atoms with E-state index in [1.54, 1.807) is 47.4 Å².